The molecule has 15 heteroatoms. The lowest BCUT2D eigenvalue weighted by molar-refractivity contribution is -0.388. The summed E-state index contributed by atoms with van der Waals surface area (Å²) in [6.45, 7) is 0.321. The molecule has 1 aromatic heterocycles. The van der Waals surface area contributed by atoms with Gasteiger partial charge in [-0.3, -0.25) is 14.9 Å². The summed E-state index contributed by atoms with van der Waals surface area (Å²) in [6, 6.07) is 6.07. The number of hydrogen-bond donors (Lipinski definition) is 1. The molecule has 9 nitrogen and oxygen atoms in total. The fourth-order valence-corrected chi connectivity index (χ4v) is 4.75. The van der Waals surface area contributed by atoms with Crippen molar-refractivity contribution in [1.29, 1.82) is 0 Å². The molecule has 0 bridgehead atoms. The van der Waals surface area contributed by atoms with Crippen molar-refractivity contribution in [2.75, 3.05) is 36.4 Å². The van der Waals surface area contributed by atoms with Gasteiger partial charge in [-0.25, -0.2) is 4.98 Å². The second-order valence-corrected chi connectivity index (χ2v) is 9.35. The molecule has 4 rings (SSSR count). The van der Waals surface area contributed by atoms with E-state index in [9.17, 15) is 41.3 Å². The maximum absolute atomic E-state index is 13.3. The molecule has 1 N–H and O–H groups in total. The molecule has 1 aliphatic carbocycles. The van der Waals surface area contributed by atoms with Crippen LogP contribution in [-0.4, -0.2) is 65.2 Å². The van der Waals surface area contributed by atoms with Crippen molar-refractivity contribution in [1.82, 2.24) is 9.88 Å². The minimum Gasteiger partial charge on any atom is -0.474 e. The SMILES string of the molecule is O=C(N1CCN(c2ccnc(OC3CCC(Nc4ccc([N+](=O)[O-])c(C(F)(F)F)c4)CC3)c2)CC1)C(F)(F)F. The summed E-state index contributed by atoms with van der Waals surface area (Å²) in [5.41, 5.74) is -1.47. The van der Waals surface area contributed by atoms with Crippen LogP contribution < -0.4 is 15.0 Å². The van der Waals surface area contributed by atoms with Crippen LogP contribution in [0.2, 0.25) is 0 Å². The molecule has 1 saturated carbocycles. The predicted octanol–water partition coefficient (Wildman–Crippen LogP) is 5.02. The van der Waals surface area contributed by atoms with Crippen molar-refractivity contribution >= 4 is 23.0 Å². The Morgan fingerprint density at radius 1 is 1.00 bits per heavy atom. The second kappa shape index (κ2) is 11.1. The number of alkyl halides is 6. The largest absolute Gasteiger partial charge is 0.474 e. The third-order valence-corrected chi connectivity index (χ3v) is 6.72. The number of pyridine rings is 1. The molecule has 39 heavy (non-hydrogen) atoms. The number of carbonyl (C=O) groups is 1. The molecule has 0 unspecified atom stereocenters. The molecule has 1 amide bonds. The number of anilines is 2. The third kappa shape index (κ3) is 7.00. The molecule has 0 atom stereocenters. The Bertz CT molecular complexity index is 1190. The number of ether oxygens (including phenoxy) is 1. The van der Waals surface area contributed by atoms with Crippen molar-refractivity contribution in [2.24, 2.45) is 0 Å². The van der Waals surface area contributed by atoms with Crippen molar-refractivity contribution in [2.45, 2.75) is 50.2 Å². The van der Waals surface area contributed by atoms with Gasteiger partial charge in [0.2, 0.25) is 5.88 Å². The first-order valence-electron chi connectivity index (χ1n) is 12.2. The van der Waals surface area contributed by atoms with E-state index in [0.717, 1.165) is 17.0 Å². The van der Waals surface area contributed by atoms with E-state index in [1.807, 2.05) is 4.90 Å². The number of halogens is 6. The molecule has 212 valence electrons. The highest BCUT2D eigenvalue weighted by atomic mass is 19.4. The van der Waals surface area contributed by atoms with Gasteiger partial charge in [0.1, 0.15) is 11.7 Å². The first-order chi connectivity index (χ1) is 18.3. The number of rotatable bonds is 6. The number of carbonyl (C=O) groups excluding carboxylic acids is 1. The molecular weight excluding hydrogens is 536 g/mol. The second-order valence-electron chi connectivity index (χ2n) is 9.35. The first kappa shape index (κ1) is 28.2. The fourth-order valence-electron chi connectivity index (χ4n) is 4.75. The van der Waals surface area contributed by atoms with Crippen LogP contribution in [0.1, 0.15) is 31.2 Å². The summed E-state index contributed by atoms with van der Waals surface area (Å²) in [4.78, 5) is 28.1. The van der Waals surface area contributed by atoms with Crippen LogP contribution in [0.25, 0.3) is 0 Å². The summed E-state index contributed by atoms with van der Waals surface area (Å²) in [5.74, 6) is -1.51. The minimum atomic E-state index is -4.90. The average molecular weight is 561 g/mol. The Balaban J connectivity index is 1.29. The molecule has 1 aliphatic heterocycles. The molecule has 1 saturated heterocycles. The minimum absolute atomic E-state index is 0.0624. The van der Waals surface area contributed by atoms with E-state index in [-0.39, 0.29) is 44.0 Å². The molecule has 2 fully saturated rings. The van der Waals surface area contributed by atoms with Crippen LogP contribution in [0, 0.1) is 10.1 Å². The van der Waals surface area contributed by atoms with Crippen molar-refractivity contribution in [3.63, 3.8) is 0 Å². The van der Waals surface area contributed by atoms with Gasteiger partial charge in [0.05, 0.1) is 4.92 Å². The van der Waals surface area contributed by atoms with Crippen LogP contribution >= 0.6 is 0 Å². The van der Waals surface area contributed by atoms with Crippen molar-refractivity contribution in [3.05, 3.63) is 52.2 Å². The van der Waals surface area contributed by atoms with Gasteiger partial charge in [-0.15, -0.1) is 0 Å². The predicted molar refractivity (Wildman–Crippen MR) is 127 cm³/mol. The molecule has 1 aromatic carbocycles. The first-order valence-corrected chi connectivity index (χ1v) is 12.2. The highest BCUT2D eigenvalue weighted by Crippen LogP contribution is 2.38. The lowest BCUT2D eigenvalue weighted by atomic mass is 9.92. The normalized spacial score (nSPS) is 20.5. The van der Waals surface area contributed by atoms with Gasteiger partial charge in [-0.05, 0) is 43.9 Å². The van der Waals surface area contributed by atoms with E-state index in [0.29, 0.717) is 37.3 Å². The van der Waals surface area contributed by atoms with Gasteiger partial charge in [-0.2, -0.15) is 26.3 Å². The molecule has 0 spiro atoms. The molecule has 2 heterocycles. The number of nitrogens with one attached hydrogen (secondary N) is 1. The van der Waals surface area contributed by atoms with Crippen LogP contribution in [-0.2, 0) is 11.0 Å². The van der Waals surface area contributed by atoms with Gasteiger partial charge in [-0.1, -0.05) is 0 Å². The van der Waals surface area contributed by atoms with E-state index < -0.39 is 34.4 Å². The number of nitro benzene ring substituents is 1. The molecule has 2 aromatic rings. The van der Waals surface area contributed by atoms with Crippen molar-refractivity contribution < 1.29 is 40.8 Å². The van der Waals surface area contributed by atoms with Gasteiger partial charge < -0.3 is 19.9 Å². The number of nitro groups is 1. The average Bonchev–Trinajstić information content (AvgIpc) is 2.88. The lowest BCUT2D eigenvalue weighted by Crippen LogP contribution is -2.52. The highest BCUT2D eigenvalue weighted by Gasteiger charge is 2.43. The molecule has 2 aliphatic rings. The Morgan fingerprint density at radius 3 is 2.26 bits per heavy atom. The van der Waals surface area contributed by atoms with Crippen LogP contribution in [0.4, 0.5) is 43.4 Å². The molecule has 0 radical (unpaired) electrons. The smallest absolute Gasteiger partial charge is 0.471 e. The van der Waals surface area contributed by atoms with Crippen LogP contribution in [0.3, 0.4) is 0 Å². The Kier molecular flexibility index (Phi) is 8.07. The monoisotopic (exact) mass is 561 g/mol. The van der Waals surface area contributed by atoms with Gasteiger partial charge in [0, 0.05) is 61.9 Å². The zero-order valence-corrected chi connectivity index (χ0v) is 20.5. The zero-order chi connectivity index (χ0) is 28.4. The van der Waals surface area contributed by atoms with E-state index in [4.69, 9.17) is 4.74 Å². The number of piperazine rings is 1. The lowest BCUT2D eigenvalue weighted by Gasteiger charge is -2.36. The number of hydrogen-bond acceptors (Lipinski definition) is 7. The van der Waals surface area contributed by atoms with E-state index in [1.54, 1.807) is 12.1 Å². The number of benzene rings is 1. The summed E-state index contributed by atoms with van der Waals surface area (Å²) in [5, 5.41) is 14.0. The summed E-state index contributed by atoms with van der Waals surface area (Å²) < 4.78 is 83.7. The zero-order valence-electron chi connectivity index (χ0n) is 20.5. The van der Waals surface area contributed by atoms with E-state index in [2.05, 4.69) is 10.3 Å². The van der Waals surface area contributed by atoms with Crippen LogP contribution in [0.15, 0.2) is 36.5 Å². The fraction of sp³-hybridized carbons (Fsp3) is 0.500. The summed E-state index contributed by atoms with van der Waals surface area (Å²) in [7, 11) is 0. The van der Waals surface area contributed by atoms with Gasteiger partial charge in [0.25, 0.3) is 5.69 Å². The van der Waals surface area contributed by atoms with Crippen molar-refractivity contribution in [3.8, 4) is 5.88 Å². The maximum Gasteiger partial charge on any atom is 0.471 e. The number of aromatic nitrogens is 1. The Hall–Kier alpha value is -3.78. The summed E-state index contributed by atoms with van der Waals surface area (Å²) in [6.07, 6.45) is -6.10. The topological polar surface area (TPSA) is 101 Å². The number of nitrogens with zero attached hydrogens (tertiary/aromatic N) is 4. The van der Waals surface area contributed by atoms with Crippen LogP contribution in [0.5, 0.6) is 5.88 Å². The van der Waals surface area contributed by atoms with E-state index in [1.165, 1.54) is 12.3 Å². The third-order valence-electron chi connectivity index (χ3n) is 6.72. The number of amides is 1. The summed E-state index contributed by atoms with van der Waals surface area (Å²) >= 11 is 0. The van der Waals surface area contributed by atoms with E-state index >= 15 is 0 Å². The van der Waals surface area contributed by atoms with Gasteiger partial charge in [0.15, 0.2) is 0 Å². The van der Waals surface area contributed by atoms with Gasteiger partial charge >= 0.3 is 18.3 Å². The quantitative estimate of drug-likeness (QED) is 0.300. The Labute approximate surface area is 218 Å². The molecular formula is C24H25F6N5O4. The highest BCUT2D eigenvalue weighted by molar-refractivity contribution is 5.82. The standard InChI is InChI=1S/C24H25F6N5O4/c25-23(26,27)19-13-16(3-6-20(19)35(37)38)32-15-1-4-18(5-2-15)39-21-14-17(7-8-31-21)33-9-11-34(12-10-33)22(36)24(28,29)30/h3,6-8,13-15,18,32H,1-2,4-5,9-12H2. The Morgan fingerprint density at radius 2 is 1.67 bits per heavy atom. The maximum atomic E-state index is 13.3.